The van der Waals surface area contributed by atoms with Gasteiger partial charge in [0.1, 0.15) is 0 Å². The van der Waals surface area contributed by atoms with Crippen LogP contribution in [0.15, 0.2) is 54.6 Å². The second-order valence-corrected chi connectivity index (χ2v) is 6.39. The third kappa shape index (κ3) is 4.09. The third-order valence-electron chi connectivity index (χ3n) is 4.15. The van der Waals surface area contributed by atoms with E-state index < -0.39 is 0 Å². The topological polar surface area (TPSA) is 46.9 Å². The minimum Gasteiger partial charge on any atom is -0.326 e. The second kappa shape index (κ2) is 7.53. The highest BCUT2D eigenvalue weighted by molar-refractivity contribution is 6.30. The Labute approximate surface area is 152 Å². The van der Waals surface area contributed by atoms with E-state index in [1.807, 2.05) is 61.0 Å². The highest BCUT2D eigenvalue weighted by Gasteiger charge is 2.14. The monoisotopic (exact) mass is 353 g/mol. The average molecular weight is 354 g/mol. The van der Waals surface area contributed by atoms with E-state index in [1.54, 1.807) is 12.1 Å². The lowest BCUT2D eigenvalue weighted by molar-refractivity contribution is -0.116. The predicted molar refractivity (Wildman–Crippen MR) is 101 cm³/mol. The van der Waals surface area contributed by atoms with Crippen LogP contribution in [0.2, 0.25) is 5.02 Å². The van der Waals surface area contributed by atoms with Crippen LogP contribution < -0.4 is 5.32 Å². The van der Waals surface area contributed by atoms with Gasteiger partial charge >= 0.3 is 0 Å². The Morgan fingerprint density at radius 1 is 1.12 bits per heavy atom. The van der Waals surface area contributed by atoms with Crippen LogP contribution in [-0.4, -0.2) is 15.7 Å². The summed E-state index contributed by atoms with van der Waals surface area (Å²) in [5, 5.41) is 8.11. The fraction of sp³-hybridized carbons (Fsp3) is 0.200. The second-order valence-electron chi connectivity index (χ2n) is 5.96. The minimum atomic E-state index is -0.0338. The zero-order chi connectivity index (χ0) is 17.8. The molecule has 2 aromatic carbocycles. The zero-order valence-corrected chi connectivity index (χ0v) is 15.0. The van der Waals surface area contributed by atoms with Crippen LogP contribution in [0, 0.1) is 13.8 Å². The number of halogens is 1. The molecule has 128 valence electrons. The number of amides is 1. The average Bonchev–Trinajstić information content (AvgIpc) is 2.88. The van der Waals surface area contributed by atoms with Crippen LogP contribution in [0.1, 0.15) is 23.4 Å². The summed E-state index contributed by atoms with van der Waals surface area (Å²) < 4.78 is 1.93. The van der Waals surface area contributed by atoms with Crippen molar-refractivity contribution >= 4 is 23.2 Å². The largest absolute Gasteiger partial charge is 0.326 e. The molecule has 0 unspecified atom stereocenters. The number of nitrogens with zero attached hydrogens (tertiary/aromatic N) is 2. The van der Waals surface area contributed by atoms with Gasteiger partial charge in [0.25, 0.3) is 0 Å². The number of hydrogen-bond acceptors (Lipinski definition) is 2. The molecule has 0 aliphatic rings. The quantitative estimate of drug-likeness (QED) is 0.721. The van der Waals surface area contributed by atoms with E-state index in [1.165, 1.54) is 0 Å². The van der Waals surface area contributed by atoms with Gasteiger partial charge in [-0.05, 0) is 56.2 Å². The van der Waals surface area contributed by atoms with Crippen molar-refractivity contribution < 1.29 is 4.79 Å². The first-order valence-electron chi connectivity index (χ1n) is 8.20. The number of hydrogen-bond donors (Lipinski definition) is 1. The first kappa shape index (κ1) is 17.2. The molecule has 0 aliphatic heterocycles. The molecule has 0 spiro atoms. The Kier molecular flexibility index (Phi) is 5.19. The number of anilines is 1. The van der Waals surface area contributed by atoms with Gasteiger partial charge in [0.05, 0.1) is 11.4 Å². The molecule has 1 amide bonds. The molecule has 0 saturated heterocycles. The van der Waals surface area contributed by atoms with Crippen molar-refractivity contribution in [3.8, 4) is 5.69 Å². The summed E-state index contributed by atoms with van der Waals surface area (Å²) in [6, 6.07) is 17.2. The summed E-state index contributed by atoms with van der Waals surface area (Å²) >= 11 is 5.94. The number of rotatable bonds is 5. The molecule has 3 rings (SSSR count). The van der Waals surface area contributed by atoms with Crippen molar-refractivity contribution in [3.05, 3.63) is 76.6 Å². The van der Waals surface area contributed by atoms with Gasteiger partial charge < -0.3 is 5.32 Å². The Morgan fingerprint density at radius 3 is 2.60 bits per heavy atom. The Hall–Kier alpha value is -2.59. The lowest BCUT2D eigenvalue weighted by Gasteiger charge is -2.07. The van der Waals surface area contributed by atoms with Gasteiger partial charge in [-0.2, -0.15) is 5.10 Å². The van der Waals surface area contributed by atoms with Gasteiger partial charge in [-0.25, -0.2) is 4.68 Å². The van der Waals surface area contributed by atoms with E-state index in [9.17, 15) is 4.79 Å². The lowest BCUT2D eigenvalue weighted by Crippen LogP contribution is -2.12. The van der Waals surface area contributed by atoms with Crippen LogP contribution in [0.25, 0.3) is 5.69 Å². The molecule has 0 saturated carbocycles. The first-order chi connectivity index (χ1) is 12.0. The van der Waals surface area contributed by atoms with Gasteiger partial charge in [0.15, 0.2) is 0 Å². The van der Waals surface area contributed by atoms with Crippen molar-refractivity contribution in [2.45, 2.75) is 26.7 Å². The highest BCUT2D eigenvalue weighted by atomic mass is 35.5. The van der Waals surface area contributed by atoms with Crippen molar-refractivity contribution in [2.75, 3.05) is 5.32 Å². The number of aromatic nitrogens is 2. The fourth-order valence-corrected chi connectivity index (χ4v) is 3.08. The van der Waals surface area contributed by atoms with E-state index in [0.29, 0.717) is 23.6 Å². The summed E-state index contributed by atoms with van der Waals surface area (Å²) in [5.41, 5.74) is 4.88. The number of benzene rings is 2. The molecule has 5 heteroatoms. The standard InChI is InChI=1S/C20H20ClN3O/c1-14-19(15(2)24(23-14)18-9-4-3-5-10-18)11-12-20(25)22-17-8-6-7-16(21)13-17/h3-10,13H,11-12H2,1-2H3,(H,22,25). The van der Waals surface area contributed by atoms with Gasteiger partial charge in [0, 0.05) is 22.8 Å². The van der Waals surface area contributed by atoms with Crippen molar-refractivity contribution in [1.29, 1.82) is 0 Å². The Bertz CT molecular complexity index is 887. The van der Waals surface area contributed by atoms with Gasteiger partial charge in [0.2, 0.25) is 5.91 Å². The van der Waals surface area contributed by atoms with Crippen LogP contribution in [0.4, 0.5) is 5.69 Å². The predicted octanol–water partition coefficient (Wildman–Crippen LogP) is 4.71. The van der Waals surface area contributed by atoms with Crippen molar-refractivity contribution in [1.82, 2.24) is 9.78 Å². The molecule has 1 N–H and O–H groups in total. The number of para-hydroxylation sites is 1. The highest BCUT2D eigenvalue weighted by Crippen LogP contribution is 2.20. The van der Waals surface area contributed by atoms with Crippen LogP contribution in [-0.2, 0) is 11.2 Å². The normalized spacial score (nSPS) is 10.7. The summed E-state index contributed by atoms with van der Waals surface area (Å²) in [6.45, 7) is 4.02. The summed E-state index contributed by atoms with van der Waals surface area (Å²) in [7, 11) is 0. The zero-order valence-electron chi connectivity index (χ0n) is 14.3. The smallest absolute Gasteiger partial charge is 0.224 e. The van der Waals surface area contributed by atoms with E-state index in [2.05, 4.69) is 10.4 Å². The van der Waals surface area contributed by atoms with Crippen LogP contribution in [0.3, 0.4) is 0 Å². The number of nitrogens with one attached hydrogen (secondary N) is 1. The van der Waals surface area contributed by atoms with Crippen molar-refractivity contribution in [3.63, 3.8) is 0 Å². The van der Waals surface area contributed by atoms with Gasteiger partial charge in [-0.15, -0.1) is 0 Å². The maximum Gasteiger partial charge on any atom is 0.224 e. The lowest BCUT2D eigenvalue weighted by atomic mass is 10.1. The van der Waals surface area contributed by atoms with Crippen LogP contribution >= 0.6 is 11.6 Å². The summed E-state index contributed by atoms with van der Waals surface area (Å²) in [4.78, 5) is 12.2. The van der Waals surface area contributed by atoms with E-state index in [4.69, 9.17) is 11.6 Å². The molecule has 0 aliphatic carbocycles. The minimum absolute atomic E-state index is 0.0338. The molecule has 4 nitrogen and oxygen atoms in total. The van der Waals surface area contributed by atoms with Crippen LogP contribution in [0.5, 0.6) is 0 Å². The van der Waals surface area contributed by atoms with Gasteiger partial charge in [-0.3, -0.25) is 4.79 Å². The third-order valence-corrected chi connectivity index (χ3v) is 4.39. The molecular formula is C20H20ClN3O. The Morgan fingerprint density at radius 2 is 1.88 bits per heavy atom. The summed E-state index contributed by atoms with van der Waals surface area (Å²) in [6.07, 6.45) is 1.05. The van der Waals surface area contributed by atoms with E-state index in [0.717, 1.165) is 22.6 Å². The molecule has 1 heterocycles. The van der Waals surface area contributed by atoms with Crippen molar-refractivity contribution in [2.24, 2.45) is 0 Å². The molecule has 0 fully saturated rings. The molecule has 3 aromatic rings. The maximum atomic E-state index is 12.2. The van der Waals surface area contributed by atoms with E-state index >= 15 is 0 Å². The van der Waals surface area contributed by atoms with Gasteiger partial charge in [-0.1, -0.05) is 35.9 Å². The fourth-order valence-electron chi connectivity index (χ4n) is 2.89. The molecular weight excluding hydrogens is 334 g/mol. The van der Waals surface area contributed by atoms with E-state index in [-0.39, 0.29) is 5.91 Å². The molecule has 0 bridgehead atoms. The Balaban J connectivity index is 1.69. The molecule has 0 atom stereocenters. The molecule has 25 heavy (non-hydrogen) atoms. The number of carbonyl (C=O) groups is 1. The maximum absolute atomic E-state index is 12.2. The number of carbonyl (C=O) groups excluding carboxylic acids is 1. The first-order valence-corrected chi connectivity index (χ1v) is 8.58. The summed E-state index contributed by atoms with van der Waals surface area (Å²) in [5.74, 6) is -0.0338. The molecule has 1 aromatic heterocycles. The SMILES string of the molecule is Cc1nn(-c2ccccc2)c(C)c1CCC(=O)Nc1cccc(Cl)c1. The number of aryl methyl sites for hydroxylation is 1. The molecule has 0 radical (unpaired) electrons.